The number of esters is 1. The summed E-state index contributed by atoms with van der Waals surface area (Å²) in [6, 6.07) is 12.3. The maximum absolute atomic E-state index is 14.2. The van der Waals surface area contributed by atoms with Crippen LogP contribution in [0.15, 0.2) is 48.5 Å². The Balaban J connectivity index is 1.73. The molecular formula is C29H37ClN5O7P. The number of hydrogen-bond donors (Lipinski definition) is 3. The number of ether oxygens (including phenoxy) is 2. The molecule has 0 unspecified atom stereocenters. The van der Waals surface area contributed by atoms with Gasteiger partial charge in [-0.15, -0.1) is 0 Å². The van der Waals surface area contributed by atoms with Gasteiger partial charge in [0.15, 0.2) is 11.5 Å². The van der Waals surface area contributed by atoms with Gasteiger partial charge in [0, 0.05) is 17.0 Å². The predicted molar refractivity (Wildman–Crippen MR) is 165 cm³/mol. The van der Waals surface area contributed by atoms with E-state index in [2.05, 4.69) is 15.1 Å². The molecular weight excluding hydrogens is 597 g/mol. The van der Waals surface area contributed by atoms with Gasteiger partial charge in [0.2, 0.25) is 0 Å². The third kappa shape index (κ3) is 7.83. The molecule has 4 aromatic rings. The van der Waals surface area contributed by atoms with Gasteiger partial charge in [-0.2, -0.15) is 5.09 Å². The van der Waals surface area contributed by atoms with E-state index in [-0.39, 0.29) is 18.2 Å². The molecule has 0 saturated heterocycles. The summed E-state index contributed by atoms with van der Waals surface area (Å²) >= 11 is 6.00. The van der Waals surface area contributed by atoms with Crippen molar-refractivity contribution in [2.45, 2.75) is 65.5 Å². The molecule has 4 N–H and O–H groups in total. The van der Waals surface area contributed by atoms with Gasteiger partial charge in [0.05, 0.1) is 11.0 Å². The number of nitrogen functional groups attached to an aromatic ring is 1. The number of pyridine rings is 1. The molecule has 12 nitrogen and oxygen atoms in total. The van der Waals surface area contributed by atoms with E-state index in [1.54, 1.807) is 39.0 Å². The topological polar surface area (TPSA) is 160 Å². The summed E-state index contributed by atoms with van der Waals surface area (Å²) < 4.78 is 38.4. The van der Waals surface area contributed by atoms with E-state index in [4.69, 9.17) is 35.9 Å². The maximum atomic E-state index is 14.2. The Labute approximate surface area is 255 Å². The van der Waals surface area contributed by atoms with Crippen molar-refractivity contribution in [2.75, 3.05) is 18.9 Å². The minimum atomic E-state index is -4.34. The number of hydrogen-bond acceptors (Lipinski definition) is 10. The molecule has 2 aromatic heterocycles. The Morgan fingerprint density at radius 1 is 1.14 bits per heavy atom. The molecule has 43 heavy (non-hydrogen) atoms. The van der Waals surface area contributed by atoms with Crippen LogP contribution in [0, 0.1) is 0 Å². The van der Waals surface area contributed by atoms with Crippen LogP contribution in [0.25, 0.3) is 21.9 Å². The van der Waals surface area contributed by atoms with Crippen molar-refractivity contribution in [1.82, 2.24) is 19.6 Å². The van der Waals surface area contributed by atoms with Crippen LogP contribution in [0.3, 0.4) is 0 Å². The highest BCUT2D eigenvalue weighted by Crippen LogP contribution is 2.46. The number of halogens is 1. The third-order valence-electron chi connectivity index (χ3n) is 6.17. The summed E-state index contributed by atoms with van der Waals surface area (Å²) in [6.07, 6.45) is 0. The van der Waals surface area contributed by atoms with E-state index in [0.717, 1.165) is 0 Å². The number of anilines is 1. The van der Waals surface area contributed by atoms with Gasteiger partial charge in [0.1, 0.15) is 41.9 Å². The highest BCUT2D eigenvalue weighted by Gasteiger charge is 2.38. The number of carbonyl (C=O) groups is 1. The average molecular weight is 634 g/mol. The van der Waals surface area contributed by atoms with Crippen LogP contribution in [-0.2, 0) is 35.7 Å². The molecule has 0 radical (unpaired) electrons. The molecule has 2 heterocycles. The minimum Gasteiger partial charge on any atom is -0.459 e. The largest absolute Gasteiger partial charge is 0.459 e. The van der Waals surface area contributed by atoms with Crippen LogP contribution in [0.5, 0.6) is 5.75 Å². The van der Waals surface area contributed by atoms with E-state index in [0.29, 0.717) is 39.4 Å². The summed E-state index contributed by atoms with van der Waals surface area (Å²) in [5.74, 6) is 0.00779. The van der Waals surface area contributed by atoms with Crippen LogP contribution in [-0.4, -0.2) is 50.5 Å². The van der Waals surface area contributed by atoms with Crippen LogP contribution in [0.1, 0.15) is 47.4 Å². The molecule has 0 saturated carbocycles. The summed E-state index contributed by atoms with van der Waals surface area (Å²) in [5.41, 5.74) is 5.08. The van der Waals surface area contributed by atoms with Gasteiger partial charge in [-0.25, -0.2) is 14.5 Å². The van der Waals surface area contributed by atoms with Crippen molar-refractivity contribution < 1.29 is 33.0 Å². The van der Waals surface area contributed by atoms with Crippen molar-refractivity contribution in [3.05, 3.63) is 59.4 Å². The predicted octanol–water partition coefficient (Wildman–Crippen LogP) is 5.55. The van der Waals surface area contributed by atoms with Crippen molar-refractivity contribution >= 4 is 53.1 Å². The monoisotopic (exact) mass is 633 g/mol. The second kappa shape index (κ2) is 12.8. The molecule has 0 aliphatic rings. The first-order chi connectivity index (χ1) is 20.1. The molecule has 0 aliphatic heterocycles. The van der Waals surface area contributed by atoms with Gasteiger partial charge in [-0.1, -0.05) is 29.8 Å². The Hall–Kier alpha value is -3.25. The van der Waals surface area contributed by atoms with Crippen molar-refractivity contribution in [3.63, 3.8) is 0 Å². The zero-order valence-electron chi connectivity index (χ0n) is 25.0. The molecule has 2 aromatic carbocycles. The first-order valence-corrected chi connectivity index (χ1v) is 15.6. The molecule has 4 rings (SSSR count). The minimum absolute atomic E-state index is 0.0436. The summed E-state index contributed by atoms with van der Waals surface area (Å²) in [4.78, 5) is 21.8. The molecule has 0 amide bonds. The Morgan fingerprint density at radius 3 is 2.47 bits per heavy atom. The number of nitrogens with zero attached hydrogens (tertiary/aromatic N) is 3. The summed E-state index contributed by atoms with van der Waals surface area (Å²) in [5, 5.41) is 15.7. The number of nitrogens with one attached hydrogen (secondary N) is 1. The number of aromatic nitrogens is 3. The Bertz CT molecular complexity index is 1650. The zero-order valence-corrected chi connectivity index (χ0v) is 26.6. The fourth-order valence-electron chi connectivity index (χ4n) is 4.33. The smallest absolute Gasteiger partial charge is 0.459 e. The average Bonchev–Trinajstić information content (AvgIpc) is 3.33. The van der Waals surface area contributed by atoms with Gasteiger partial charge in [-0.05, 0) is 71.9 Å². The number of rotatable bonds is 12. The second-order valence-corrected chi connectivity index (χ2v) is 13.3. The SMILES string of the molecule is CCOCc1nc2c(N)nc3ccccc3c2n1[C@@](C)(O)CO[P@@](=O)(N[C@@H](C)C(=O)OC(C)(C)C)Oc1ccc(Cl)cc1. The number of benzene rings is 2. The zero-order chi connectivity index (χ0) is 31.6. The fourth-order valence-corrected chi connectivity index (χ4v) is 6.03. The van der Waals surface area contributed by atoms with E-state index in [1.165, 1.54) is 30.5 Å². The molecule has 0 aliphatic carbocycles. The number of fused-ring (bicyclic) bond motifs is 3. The lowest BCUT2D eigenvalue weighted by Crippen LogP contribution is -2.41. The highest BCUT2D eigenvalue weighted by molar-refractivity contribution is 7.52. The maximum Gasteiger partial charge on any atom is 0.459 e. The third-order valence-corrected chi connectivity index (χ3v) is 8.04. The van der Waals surface area contributed by atoms with Gasteiger partial charge in [0.25, 0.3) is 0 Å². The summed E-state index contributed by atoms with van der Waals surface area (Å²) in [7, 11) is -4.34. The first-order valence-electron chi connectivity index (χ1n) is 13.7. The molecule has 3 atom stereocenters. The Kier molecular flexibility index (Phi) is 9.70. The highest BCUT2D eigenvalue weighted by atomic mass is 35.5. The van der Waals surface area contributed by atoms with E-state index < -0.39 is 37.7 Å². The van der Waals surface area contributed by atoms with Crippen LogP contribution in [0.2, 0.25) is 5.02 Å². The quantitative estimate of drug-likeness (QED) is 0.133. The molecule has 0 spiro atoms. The van der Waals surface area contributed by atoms with Crippen LogP contribution < -0.4 is 15.3 Å². The molecule has 0 bridgehead atoms. The number of para-hydroxylation sites is 1. The normalized spacial score (nSPS) is 15.6. The fraction of sp³-hybridized carbons (Fsp3) is 0.414. The van der Waals surface area contributed by atoms with E-state index in [9.17, 15) is 14.5 Å². The number of carbonyl (C=O) groups excluding carboxylic acids is 1. The van der Waals surface area contributed by atoms with Crippen LogP contribution >= 0.6 is 19.3 Å². The number of aliphatic hydroxyl groups is 1. The van der Waals surface area contributed by atoms with Gasteiger partial charge < -0.3 is 24.8 Å². The van der Waals surface area contributed by atoms with Gasteiger partial charge in [-0.3, -0.25) is 13.9 Å². The number of imidazole rings is 1. The van der Waals surface area contributed by atoms with Crippen molar-refractivity contribution in [1.29, 1.82) is 0 Å². The lowest BCUT2D eigenvalue weighted by Gasteiger charge is -2.31. The molecule has 14 heteroatoms. The Morgan fingerprint density at radius 2 is 1.81 bits per heavy atom. The van der Waals surface area contributed by atoms with Crippen molar-refractivity contribution in [3.8, 4) is 5.75 Å². The standard InChI is InChI=1S/C29H37ClN5O7P/c1-7-39-16-23-33-24-25(21-10-8-9-11-22(21)32-26(24)31)35(23)29(6,37)17-40-43(38,42-20-14-12-19(30)13-15-20)34-18(2)27(36)41-28(3,4)5/h8-15,18,37H,7,16-17H2,1-6H3,(H2,31,32)(H,34,38)/t18-,29-,43-/m0/s1. The van der Waals surface area contributed by atoms with E-state index in [1.807, 2.05) is 25.1 Å². The van der Waals surface area contributed by atoms with Gasteiger partial charge >= 0.3 is 13.7 Å². The van der Waals surface area contributed by atoms with Crippen molar-refractivity contribution in [2.24, 2.45) is 0 Å². The lowest BCUT2D eigenvalue weighted by molar-refractivity contribution is -0.156. The second-order valence-electron chi connectivity index (χ2n) is 11.1. The summed E-state index contributed by atoms with van der Waals surface area (Å²) in [6.45, 7) is 9.81. The molecule has 232 valence electrons. The first kappa shape index (κ1) is 32.7. The molecule has 0 fully saturated rings. The lowest BCUT2D eigenvalue weighted by atomic mass is 10.1. The van der Waals surface area contributed by atoms with E-state index >= 15 is 0 Å². The van der Waals surface area contributed by atoms with Crippen LogP contribution in [0.4, 0.5) is 5.82 Å². The number of nitrogens with two attached hydrogens (primary N) is 1.